The molecule has 0 aromatic carbocycles. The highest BCUT2D eigenvalue weighted by Crippen LogP contribution is 2.16. The van der Waals surface area contributed by atoms with Crippen molar-refractivity contribution in [1.29, 1.82) is 0 Å². The number of unbranched alkanes of at least 4 members (excludes halogenated alkanes) is 30. The van der Waals surface area contributed by atoms with Crippen LogP contribution in [0.15, 0.2) is 24.3 Å². The molecule has 0 heterocycles. The molecule has 5 heteroatoms. The number of allylic oxidation sites excluding steroid dienone is 3. The third-order valence-electron chi connectivity index (χ3n) is 10.5. The zero-order valence-electron chi connectivity index (χ0n) is 34.2. The lowest BCUT2D eigenvalue weighted by Gasteiger charge is -2.21. The van der Waals surface area contributed by atoms with Gasteiger partial charge in [-0.1, -0.05) is 224 Å². The fourth-order valence-electron chi connectivity index (χ4n) is 7.00. The molecule has 5 nitrogen and oxygen atoms in total. The molecule has 0 fully saturated rings. The quantitative estimate of drug-likeness (QED) is 0.0374. The molecular weight excluding hydrogens is 631 g/mol. The number of aliphatic hydroxyl groups excluding tert-OH is 3. The highest BCUT2D eigenvalue weighted by Gasteiger charge is 2.20. The zero-order valence-corrected chi connectivity index (χ0v) is 34.2. The zero-order chi connectivity index (χ0) is 37.3. The second-order valence-corrected chi connectivity index (χ2v) is 15.7. The minimum Gasteiger partial charge on any atom is -0.394 e. The van der Waals surface area contributed by atoms with Gasteiger partial charge in [0.05, 0.1) is 31.3 Å². The predicted molar refractivity (Wildman–Crippen MR) is 222 cm³/mol. The van der Waals surface area contributed by atoms with Crippen LogP contribution >= 0.6 is 0 Å². The van der Waals surface area contributed by atoms with Crippen molar-refractivity contribution in [1.82, 2.24) is 5.32 Å². The number of aliphatic hydroxyl groups is 3. The first-order valence-corrected chi connectivity index (χ1v) is 22.6. The van der Waals surface area contributed by atoms with Gasteiger partial charge in [-0.25, -0.2) is 0 Å². The van der Waals surface area contributed by atoms with E-state index in [1.807, 2.05) is 6.08 Å². The molecule has 0 saturated carbocycles. The van der Waals surface area contributed by atoms with Crippen molar-refractivity contribution in [2.24, 2.45) is 0 Å². The van der Waals surface area contributed by atoms with Gasteiger partial charge in [0.1, 0.15) is 0 Å². The van der Waals surface area contributed by atoms with Gasteiger partial charge < -0.3 is 20.6 Å². The van der Waals surface area contributed by atoms with Crippen LogP contribution in [0.5, 0.6) is 0 Å². The molecule has 0 bridgehead atoms. The van der Waals surface area contributed by atoms with Crippen LogP contribution in [-0.4, -0.2) is 46.1 Å². The van der Waals surface area contributed by atoms with Gasteiger partial charge in [0, 0.05) is 0 Å². The summed E-state index contributed by atoms with van der Waals surface area (Å²) in [5, 5.41) is 33.2. The molecule has 0 aromatic rings. The second kappa shape index (κ2) is 41.6. The van der Waals surface area contributed by atoms with Gasteiger partial charge in [0.25, 0.3) is 0 Å². The van der Waals surface area contributed by atoms with Gasteiger partial charge in [0.15, 0.2) is 0 Å². The van der Waals surface area contributed by atoms with E-state index in [4.69, 9.17) is 0 Å². The minimum atomic E-state index is -0.948. The van der Waals surface area contributed by atoms with Gasteiger partial charge in [0.2, 0.25) is 5.91 Å². The van der Waals surface area contributed by atoms with E-state index in [9.17, 15) is 20.1 Å². The summed E-state index contributed by atoms with van der Waals surface area (Å²) in [6.45, 7) is 4.21. The van der Waals surface area contributed by atoms with Gasteiger partial charge in [-0.15, -0.1) is 0 Å². The number of nitrogens with one attached hydrogen (secondary N) is 1. The normalized spacial score (nSPS) is 13.7. The molecule has 302 valence electrons. The van der Waals surface area contributed by atoms with Crippen molar-refractivity contribution >= 4 is 5.91 Å². The van der Waals surface area contributed by atoms with Crippen molar-refractivity contribution in [3.05, 3.63) is 24.3 Å². The third-order valence-corrected chi connectivity index (χ3v) is 10.5. The Kier molecular flexibility index (Phi) is 40.6. The molecule has 51 heavy (non-hydrogen) atoms. The predicted octanol–water partition coefficient (Wildman–Crippen LogP) is 13.0. The topological polar surface area (TPSA) is 89.8 Å². The summed E-state index contributed by atoms with van der Waals surface area (Å²) in [7, 11) is 0. The van der Waals surface area contributed by atoms with Crippen LogP contribution in [0.3, 0.4) is 0 Å². The average molecular weight is 720 g/mol. The fourth-order valence-corrected chi connectivity index (χ4v) is 7.00. The Bertz CT molecular complexity index is 754. The van der Waals surface area contributed by atoms with Crippen molar-refractivity contribution in [2.75, 3.05) is 6.61 Å². The number of rotatable bonds is 41. The van der Waals surface area contributed by atoms with Gasteiger partial charge in [-0.3, -0.25) is 4.79 Å². The molecule has 0 spiro atoms. The van der Waals surface area contributed by atoms with Crippen LogP contribution in [-0.2, 0) is 4.79 Å². The highest BCUT2D eigenvalue weighted by molar-refractivity contribution is 5.76. The number of hydrogen-bond acceptors (Lipinski definition) is 4. The molecule has 4 N–H and O–H groups in total. The van der Waals surface area contributed by atoms with Gasteiger partial charge >= 0.3 is 0 Å². The largest absolute Gasteiger partial charge is 0.394 e. The lowest BCUT2D eigenvalue weighted by Crippen LogP contribution is -2.45. The first kappa shape index (κ1) is 49.8. The Morgan fingerprint density at radius 1 is 0.490 bits per heavy atom. The van der Waals surface area contributed by atoms with Crippen LogP contribution in [0.25, 0.3) is 0 Å². The van der Waals surface area contributed by atoms with Crippen LogP contribution in [0.1, 0.15) is 239 Å². The fraction of sp³-hybridized carbons (Fsp3) is 0.891. The maximum atomic E-state index is 12.4. The first-order chi connectivity index (χ1) is 25.0. The Hall–Kier alpha value is -1.17. The van der Waals surface area contributed by atoms with E-state index in [1.165, 1.54) is 180 Å². The summed E-state index contributed by atoms with van der Waals surface area (Å²) in [5.74, 6) is -0.323. The van der Waals surface area contributed by atoms with Crippen molar-refractivity contribution in [2.45, 2.75) is 257 Å². The van der Waals surface area contributed by atoms with E-state index in [1.54, 1.807) is 6.08 Å². The Morgan fingerprint density at radius 3 is 1.25 bits per heavy atom. The average Bonchev–Trinajstić information content (AvgIpc) is 3.12. The van der Waals surface area contributed by atoms with Crippen molar-refractivity contribution < 1.29 is 20.1 Å². The molecule has 0 aliphatic carbocycles. The Morgan fingerprint density at radius 2 is 0.843 bits per heavy atom. The first-order valence-electron chi connectivity index (χ1n) is 22.6. The molecule has 0 aromatic heterocycles. The summed E-state index contributed by atoms with van der Waals surface area (Å²) in [4.78, 5) is 12.4. The third kappa shape index (κ3) is 38.4. The van der Waals surface area contributed by atoms with Crippen molar-refractivity contribution in [3.63, 3.8) is 0 Å². The summed E-state index contributed by atoms with van der Waals surface area (Å²) >= 11 is 0. The standard InChI is InChI=1S/C46H89NO4/c1-3-5-7-9-11-13-15-17-19-20-21-22-23-24-26-28-30-32-34-36-38-40-45(50)44(42-48)47-46(51)41-43(49)39-37-35-33-31-29-27-25-18-16-14-12-10-8-6-4-2/h30,32,38,40,43-45,48-50H,3-29,31,33-37,39,41-42H2,1-2H3,(H,47,51)/b32-30+,40-38+. The van der Waals surface area contributed by atoms with Crippen LogP contribution in [0.4, 0.5) is 0 Å². The molecule has 0 rings (SSSR count). The number of hydrogen-bond donors (Lipinski definition) is 4. The molecule has 1 amide bonds. The highest BCUT2D eigenvalue weighted by atomic mass is 16.3. The molecule has 0 aliphatic heterocycles. The van der Waals surface area contributed by atoms with E-state index in [0.29, 0.717) is 6.42 Å². The van der Waals surface area contributed by atoms with E-state index in [0.717, 1.165) is 32.1 Å². The molecular formula is C46H89NO4. The lowest BCUT2D eigenvalue weighted by molar-refractivity contribution is -0.124. The number of carbonyl (C=O) groups excluding carboxylic acids is 1. The smallest absolute Gasteiger partial charge is 0.222 e. The minimum absolute atomic E-state index is 0.00961. The maximum Gasteiger partial charge on any atom is 0.222 e. The van der Waals surface area contributed by atoms with E-state index in [-0.39, 0.29) is 18.9 Å². The van der Waals surface area contributed by atoms with Crippen LogP contribution in [0, 0.1) is 0 Å². The molecule has 0 aliphatic rings. The molecule has 3 unspecified atom stereocenters. The summed E-state index contributed by atoms with van der Waals surface area (Å²) < 4.78 is 0. The Balaban J connectivity index is 3.68. The second-order valence-electron chi connectivity index (χ2n) is 15.7. The SMILES string of the molecule is CCCCCCCCCCCCCCCCC/C=C/CC/C=C/C(O)C(CO)NC(=O)CC(O)CCCCCCCCCCCCCCCCC. The molecule has 0 saturated heterocycles. The van der Waals surface area contributed by atoms with E-state index >= 15 is 0 Å². The summed E-state index contributed by atoms with van der Waals surface area (Å²) in [6, 6.07) is -0.757. The summed E-state index contributed by atoms with van der Waals surface area (Å²) in [6.07, 6.45) is 50.4. The molecule has 3 atom stereocenters. The van der Waals surface area contributed by atoms with Gasteiger partial charge in [-0.05, 0) is 32.1 Å². The van der Waals surface area contributed by atoms with Gasteiger partial charge in [-0.2, -0.15) is 0 Å². The summed E-state index contributed by atoms with van der Waals surface area (Å²) in [5.41, 5.74) is 0. The van der Waals surface area contributed by atoms with Crippen molar-refractivity contribution in [3.8, 4) is 0 Å². The maximum absolute atomic E-state index is 12.4. The number of carbonyl (C=O) groups is 1. The van der Waals surface area contributed by atoms with Crippen LogP contribution < -0.4 is 5.32 Å². The van der Waals surface area contributed by atoms with E-state index < -0.39 is 18.2 Å². The lowest BCUT2D eigenvalue weighted by atomic mass is 10.0. The van der Waals surface area contributed by atoms with Crippen LogP contribution in [0.2, 0.25) is 0 Å². The molecule has 0 radical (unpaired) electrons. The monoisotopic (exact) mass is 720 g/mol. The Labute approximate surface area is 318 Å². The van der Waals surface area contributed by atoms with E-state index in [2.05, 4.69) is 31.3 Å². The number of amides is 1.